The van der Waals surface area contributed by atoms with Gasteiger partial charge in [-0.15, -0.1) is 0 Å². The summed E-state index contributed by atoms with van der Waals surface area (Å²) in [5, 5.41) is 16.5. The second kappa shape index (κ2) is 7.15. The maximum absolute atomic E-state index is 13.2. The van der Waals surface area contributed by atoms with Gasteiger partial charge >= 0.3 is 0 Å². The van der Waals surface area contributed by atoms with Crippen molar-refractivity contribution >= 4 is 11.7 Å². The zero-order chi connectivity index (χ0) is 17.0. The first-order valence-electron chi connectivity index (χ1n) is 8.26. The first-order chi connectivity index (χ1) is 11.7. The van der Waals surface area contributed by atoms with E-state index in [9.17, 15) is 9.90 Å². The third kappa shape index (κ3) is 3.20. The van der Waals surface area contributed by atoms with Gasteiger partial charge in [0, 0.05) is 19.3 Å². The first-order valence-corrected chi connectivity index (χ1v) is 8.26. The average molecular weight is 329 g/mol. The van der Waals surface area contributed by atoms with Gasteiger partial charge in [-0.3, -0.25) is 4.79 Å². The van der Waals surface area contributed by atoms with E-state index in [0.29, 0.717) is 38.4 Å². The number of nitrogens with one attached hydrogen (secondary N) is 1. The molecule has 6 nitrogen and oxygen atoms in total. The summed E-state index contributed by atoms with van der Waals surface area (Å²) in [5.41, 5.74) is 1.22. The van der Waals surface area contributed by atoms with Crippen LogP contribution in [0.2, 0.25) is 0 Å². The number of aliphatic hydroxyl groups excluding tert-OH is 1. The number of hydrogen-bond acceptors (Lipinski definition) is 4. The number of carbonyl (C=O) groups is 1. The number of aromatic nitrogens is 2. The Kier molecular flexibility index (Phi) is 4.97. The molecule has 0 saturated carbocycles. The number of rotatable bonds is 5. The maximum atomic E-state index is 13.2. The SMILES string of the molecule is Cc1cc(NC(=O)C2(c3ccccc3)CCOCC2)n(CCO)n1. The summed E-state index contributed by atoms with van der Waals surface area (Å²) in [6, 6.07) is 11.7. The molecule has 0 spiro atoms. The molecule has 1 aliphatic rings. The minimum atomic E-state index is -0.596. The number of nitrogens with zero attached hydrogens (tertiary/aromatic N) is 2. The van der Waals surface area contributed by atoms with Gasteiger partial charge in [-0.1, -0.05) is 30.3 Å². The Morgan fingerprint density at radius 3 is 2.71 bits per heavy atom. The average Bonchev–Trinajstić information content (AvgIpc) is 2.96. The molecule has 24 heavy (non-hydrogen) atoms. The van der Waals surface area contributed by atoms with Crippen molar-refractivity contribution in [2.45, 2.75) is 31.7 Å². The number of benzene rings is 1. The third-order valence-corrected chi connectivity index (χ3v) is 4.56. The molecule has 1 aromatic heterocycles. The number of carbonyl (C=O) groups excluding carboxylic acids is 1. The highest BCUT2D eigenvalue weighted by Gasteiger charge is 2.42. The van der Waals surface area contributed by atoms with Gasteiger partial charge in [0.15, 0.2) is 0 Å². The van der Waals surface area contributed by atoms with Crippen LogP contribution in [0, 0.1) is 6.92 Å². The summed E-state index contributed by atoms with van der Waals surface area (Å²) in [6.45, 7) is 3.33. The molecule has 1 saturated heterocycles. The molecular weight excluding hydrogens is 306 g/mol. The molecule has 1 amide bonds. The maximum Gasteiger partial charge on any atom is 0.236 e. The van der Waals surface area contributed by atoms with E-state index in [-0.39, 0.29) is 12.5 Å². The van der Waals surface area contributed by atoms with Gasteiger partial charge in [-0.25, -0.2) is 4.68 Å². The number of amides is 1. The summed E-state index contributed by atoms with van der Waals surface area (Å²) in [4.78, 5) is 13.2. The molecular formula is C18H23N3O3. The zero-order valence-electron chi connectivity index (χ0n) is 13.9. The molecule has 0 radical (unpaired) electrons. The van der Waals surface area contributed by atoms with Gasteiger partial charge in [0.05, 0.1) is 24.3 Å². The molecule has 2 aromatic rings. The number of aryl methyl sites for hydroxylation is 1. The highest BCUT2D eigenvalue weighted by molar-refractivity contribution is 5.98. The fourth-order valence-electron chi connectivity index (χ4n) is 3.27. The van der Waals surface area contributed by atoms with E-state index < -0.39 is 5.41 Å². The second-order valence-corrected chi connectivity index (χ2v) is 6.13. The van der Waals surface area contributed by atoms with Crippen molar-refractivity contribution in [2.24, 2.45) is 0 Å². The Hall–Kier alpha value is -2.18. The lowest BCUT2D eigenvalue weighted by atomic mass is 9.73. The van der Waals surface area contributed by atoms with Crippen molar-refractivity contribution in [3.63, 3.8) is 0 Å². The lowest BCUT2D eigenvalue weighted by Gasteiger charge is -2.36. The quantitative estimate of drug-likeness (QED) is 0.878. The third-order valence-electron chi connectivity index (χ3n) is 4.56. The highest BCUT2D eigenvalue weighted by Crippen LogP contribution is 2.36. The van der Waals surface area contributed by atoms with Gasteiger partial charge in [-0.05, 0) is 25.3 Å². The molecule has 0 bridgehead atoms. The van der Waals surface area contributed by atoms with E-state index in [1.165, 1.54) is 0 Å². The van der Waals surface area contributed by atoms with Crippen molar-refractivity contribution in [1.82, 2.24) is 9.78 Å². The lowest BCUT2D eigenvalue weighted by molar-refractivity contribution is -0.125. The van der Waals surface area contributed by atoms with E-state index in [1.807, 2.05) is 43.3 Å². The van der Waals surface area contributed by atoms with Crippen LogP contribution in [0.5, 0.6) is 0 Å². The standard InChI is InChI=1S/C18H23N3O3/c1-14-13-16(21(20-14)9-10-22)19-17(23)18(7-11-24-12-8-18)15-5-3-2-4-6-15/h2-6,13,22H,7-12H2,1H3,(H,19,23). The van der Waals surface area contributed by atoms with Gasteiger partial charge in [0.25, 0.3) is 0 Å². The van der Waals surface area contributed by atoms with E-state index in [2.05, 4.69) is 10.4 Å². The van der Waals surface area contributed by atoms with Gasteiger partial charge < -0.3 is 15.2 Å². The minimum Gasteiger partial charge on any atom is -0.394 e. The molecule has 0 unspecified atom stereocenters. The summed E-state index contributed by atoms with van der Waals surface area (Å²) < 4.78 is 7.11. The topological polar surface area (TPSA) is 76.4 Å². The minimum absolute atomic E-state index is 0.0261. The van der Waals surface area contributed by atoms with Gasteiger partial charge in [0.1, 0.15) is 5.82 Å². The van der Waals surface area contributed by atoms with E-state index in [1.54, 1.807) is 4.68 Å². The van der Waals surface area contributed by atoms with Crippen LogP contribution >= 0.6 is 0 Å². The Morgan fingerprint density at radius 2 is 2.04 bits per heavy atom. The number of anilines is 1. The molecule has 2 N–H and O–H groups in total. The van der Waals surface area contributed by atoms with Crippen molar-refractivity contribution < 1.29 is 14.6 Å². The molecule has 6 heteroatoms. The van der Waals surface area contributed by atoms with Crippen molar-refractivity contribution in [3.8, 4) is 0 Å². The number of aliphatic hydroxyl groups is 1. The van der Waals surface area contributed by atoms with Crippen LogP contribution in [-0.4, -0.2) is 40.6 Å². The molecule has 3 rings (SSSR count). The normalized spacial score (nSPS) is 16.8. The number of hydrogen-bond donors (Lipinski definition) is 2. The molecule has 1 aromatic carbocycles. The Morgan fingerprint density at radius 1 is 1.33 bits per heavy atom. The largest absolute Gasteiger partial charge is 0.394 e. The molecule has 0 atom stereocenters. The monoisotopic (exact) mass is 329 g/mol. The Labute approximate surface area is 141 Å². The van der Waals surface area contributed by atoms with E-state index >= 15 is 0 Å². The second-order valence-electron chi connectivity index (χ2n) is 6.13. The van der Waals surface area contributed by atoms with Crippen molar-refractivity contribution in [1.29, 1.82) is 0 Å². The van der Waals surface area contributed by atoms with E-state index in [0.717, 1.165) is 11.3 Å². The molecule has 0 aliphatic carbocycles. The van der Waals surface area contributed by atoms with Crippen molar-refractivity contribution in [3.05, 3.63) is 47.7 Å². The van der Waals surface area contributed by atoms with E-state index in [4.69, 9.17) is 4.74 Å². The Bertz CT molecular complexity index is 691. The predicted octanol–water partition coefficient (Wildman–Crippen LogP) is 1.87. The molecule has 2 heterocycles. The van der Waals surface area contributed by atoms with Gasteiger partial charge in [-0.2, -0.15) is 5.10 Å². The zero-order valence-corrected chi connectivity index (χ0v) is 13.9. The predicted molar refractivity (Wildman–Crippen MR) is 90.9 cm³/mol. The number of ether oxygens (including phenoxy) is 1. The van der Waals surface area contributed by atoms with Crippen LogP contribution < -0.4 is 5.32 Å². The lowest BCUT2D eigenvalue weighted by Crippen LogP contribution is -2.45. The first kappa shape index (κ1) is 16.7. The fraction of sp³-hybridized carbons (Fsp3) is 0.444. The van der Waals surface area contributed by atoms with Crippen LogP contribution in [0.4, 0.5) is 5.82 Å². The summed E-state index contributed by atoms with van der Waals surface area (Å²) >= 11 is 0. The molecule has 1 fully saturated rings. The highest BCUT2D eigenvalue weighted by atomic mass is 16.5. The van der Waals surface area contributed by atoms with Crippen LogP contribution in [0.15, 0.2) is 36.4 Å². The van der Waals surface area contributed by atoms with Gasteiger partial charge in [0.2, 0.25) is 5.91 Å². The molecule has 1 aliphatic heterocycles. The summed E-state index contributed by atoms with van der Waals surface area (Å²) in [5.74, 6) is 0.574. The van der Waals surface area contributed by atoms with Crippen molar-refractivity contribution in [2.75, 3.05) is 25.1 Å². The summed E-state index contributed by atoms with van der Waals surface area (Å²) in [6.07, 6.45) is 1.30. The Balaban J connectivity index is 1.90. The summed E-state index contributed by atoms with van der Waals surface area (Å²) in [7, 11) is 0. The molecule has 128 valence electrons. The van der Waals surface area contributed by atoms with Crippen LogP contribution in [0.1, 0.15) is 24.1 Å². The van der Waals surface area contributed by atoms with Crippen LogP contribution in [-0.2, 0) is 21.5 Å². The van der Waals surface area contributed by atoms with Crippen LogP contribution in [0.3, 0.4) is 0 Å². The fourth-order valence-corrected chi connectivity index (χ4v) is 3.27. The smallest absolute Gasteiger partial charge is 0.236 e. The van der Waals surface area contributed by atoms with Crippen LogP contribution in [0.25, 0.3) is 0 Å².